The van der Waals surface area contributed by atoms with Crippen molar-refractivity contribution in [2.24, 2.45) is 40.9 Å². The largest absolute Gasteiger partial charge is 0.492 e. The van der Waals surface area contributed by atoms with Gasteiger partial charge < -0.3 is 41.6 Å². The van der Waals surface area contributed by atoms with E-state index in [9.17, 15) is 29.2 Å². The number of benzene rings is 3. The van der Waals surface area contributed by atoms with Crippen molar-refractivity contribution in [1.29, 1.82) is 5.26 Å². The molecule has 7 rings (SSSR count). The number of nitriles is 1. The summed E-state index contributed by atoms with van der Waals surface area (Å²) in [5.41, 5.74) is 22.0. The van der Waals surface area contributed by atoms with Crippen molar-refractivity contribution in [2.75, 3.05) is 39.9 Å². The molecule has 2 saturated carbocycles. The number of carbonyl (C=O) groups excluding carboxylic acids is 5. The van der Waals surface area contributed by atoms with Crippen molar-refractivity contribution in [3.05, 3.63) is 88.7 Å². The van der Waals surface area contributed by atoms with Crippen molar-refractivity contribution in [3.8, 4) is 45.8 Å². The number of Topliss-reactive ketones (excluding diaryl/α,β-unsaturated/α-hetero) is 3. The van der Waals surface area contributed by atoms with Gasteiger partial charge in [-0.1, -0.05) is 19.1 Å². The molecule has 1 aromatic heterocycles. The van der Waals surface area contributed by atoms with Gasteiger partial charge in [-0.2, -0.15) is 5.26 Å². The van der Waals surface area contributed by atoms with Crippen LogP contribution >= 0.6 is 0 Å². The van der Waals surface area contributed by atoms with Crippen LogP contribution in [0, 0.1) is 48.9 Å². The molecule has 370 valence electrons. The van der Waals surface area contributed by atoms with E-state index in [1.165, 1.54) is 31.2 Å². The average Bonchev–Trinajstić information content (AvgIpc) is 3.98. The highest BCUT2D eigenvalue weighted by molar-refractivity contribution is 6.01. The maximum Gasteiger partial charge on any atom is 0.226 e. The van der Waals surface area contributed by atoms with Gasteiger partial charge in [0.1, 0.15) is 42.6 Å². The third kappa shape index (κ3) is 11.9. The summed E-state index contributed by atoms with van der Waals surface area (Å²) in [5.74, 6) is -0.504. The molecule has 1 unspecified atom stereocenters. The third-order valence-corrected chi connectivity index (χ3v) is 13.9. The van der Waals surface area contributed by atoms with Crippen LogP contribution in [0.4, 0.5) is 0 Å². The molecule has 16 heteroatoms. The lowest BCUT2D eigenvalue weighted by Crippen LogP contribution is -2.46. The lowest BCUT2D eigenvalue weighted by atomic mass is 9.88. The summed E-state index contributed by atoms with van der Waals surface area (Å²) in [6.07, 6.45) is 4.74. The highest BCUT2D eigenvalue weighted by atomic mass is 16.5. The number of nitrogens with one attached hydrogen (secondary N) is 1. The van der Waals surface area contributed by atoms with E-state index >= 15 is 0 Å². The second-order valence-electron chi connectivity index (χ2n) is 19.0. The van der Waals surface area contributed by atoms with Gasteiger partial charge in [-0.3, -0.25) is 24.0 Å². The Labute approximate surface area is 410 Å². The van der Waals surface area contributed by atoms with Crippen molar-refractivity contribution in [2.45, 2.75) is 103 Å². The molecule has 2 fully saturated rings. The van der Waals surface area contributed by atoms with Crippen LogP contribution in [0.5, 0.6) is 17.2 Å². The highest BCUT2D eigenvalue weighted by Crippen LogP contribution is 2.46. The van der Waals surface area contributed by atoms with Gasteiger partial charge >= 0.3 is 0 Å². The summed E-state index contributed by atoms with van der Waals surface area (Å²) < 4.78 is 18.6. The summed E-state index contributed by atoms with van der Waals surface area (Å²) in [6.45, 7) is 5.93. The van der Waals surface area contributed by atoms with E-state index in [1.807, 2.05) is 36.4 Å². The maximum atomic E-state index is 14.9. The lowest BCUT2D eigenvalue weighted by Gasteiger charge is -2.32. The second-order valence-corrected chi connectivity index (χ2v) is 19.0. The first kappa shape index (κ1) is 51.3. The minimum Gasteiger partial charge on any atom is -0.492 e. The number of amides is 2. The molecule has 3 aliphatic rings. The molecule has 0 radical (unpaired) electrons. The summed E-state index contributed by atoms with van der Waals surface area (Å²) in [7, 11) is 1.51. The first-order chi connectivity index (χ1) is 33.7. The fourth-order valence-corrected chi connectivity index (χ4v) is 10.4. The topological polar surface area (TPSA) is 256 Å². The van der Waals surface area contributed by atoms with E-state index in [2.05, 4.69) is 5.32 Å². The molecular formula is C54H66N8O8. The van der Waals surface area contributed by atoms with E-state index in [0.29, 0.717) is 62.4 Å². The number of rotatable bonds is 19. The number of ether oxygens (including phenoxy) is 3. The Morgan fingerprint density at radius 1 is 0.871 bits per heavy atom. The maximum absolute atomic E-state index is 14.9. The zero-order chi connectivity index (χ0) is 50.1. The van der Waals surface area contributed by atoms with Gasteiger partial charge in [0, 0.05) is 74.3 Å². The molecule has 3 aromatic carbocycles. The first-order valence-corrected chi connectivity index (χ1v) is 24.5. The SMILES string of the molecule is Cc1nc(-c2ccc(OC3C[C@@H]4CC[C@H]3C4)cc2)nc(C)c1C(=O)C[C@@H](CCN)C(=O)N(C)[C@@H]1C(=O)C[C@@H](C)C(=O)N[C@H](C(=O)CCC#N)Cc2ccc(OCCN)c(c2)-c2cc1ccc2OCCN. The van der Waals surface area contributed by atoms with Crippen LogP contribution in [0.25, 0.3) is 22.5 Å². The molecule has 2 amide bonds. The summed E-state index contributed by atoms with van der Waals surface area (Å²) in [4.78, 5) is 82.2. The minimum atomic E-state index is -1.25. The van der Waals surface area contributed by atoms with Gasteiger partial charge in [-0.05, 0) is 130 Å². The Kier molecular flexibility index (Phi) is 17.1. The van der Waals surface area contributed by atoms with Gasteiger partial charge in [-0.25, -0.2) is 9.97 Å². The molecule has 7 atom stereocenters. The molecule has 16 nitrogen and oxygen atoms in total. The van der Waals surface area contributed by atoms with E-state index in [0.717, 1.165) is 23.7 Å². The molecule has 2 aliphatic carbocycles. The molecule has 70 heavy (non-hydrogen) atoms. The van der Waals surface area contributed by atoms with E-state index in [1.54, 1.807) is 51.1 Å². The fourth-order valence-electron chi connectivity index (χ4n) is 10.4. The molecule has 1 aliphatic heterocycles. The lowest BCUT2D eigenvalue weighted by molar-refractivity contribution is -0.142. The Bertz CT molecular complexity index is 2590. The van der Waals surface area contributed by atoms with Crippen molar-refractivity contribution in [1.82, 2.24) is 20.2 Å². The van der Waals surface area contributed by atoms with Crippen molar-refractivity contribution >= 4 is 29.2 Å². The zero-order valence-corrected chi connectivity index (χ0v) is 40.7. The zero-order valence-electron chi connectivity index (χ0n) is 40.7. The van der Waals surface area contributed by atoms with E-state index < -0.39 is 41.5 Å². The standard InChI is InChI=1S/C54H66N8O8/c1-31-24-46(65)51(38-12-16-48(69-23-21-58)42(29-38)41-26-35(8-15-47(41)68-22-20-57)27-43(61-53(31)66)44(63)6-5-18-55)62(4)54(67)39(17-19-56)30-45(64)50-32(2)59-52(60-33(50)3)36-10-13-40(14-11-36)70-49-28-34-7-9-37(49)25-34/h8,10-16,26,29,31,34,37,39,43,49,51H,5-7,9,17,19-25,27-28,30,56-58H2,1-4H3,(H,61,66)/t31-,34-,37+,39-,43+,49?,51+/m1/s1. The summed E-state index contributed by atoms with van der Waals surface area (Å²) in [5, 5.41) is 12.1. The number of fused-ring (bicyclic) bond motifs is 7. The van der Waals surface area contributed by atoms with E-state index in [4.69, 9.17) is 41.4 Å². The van der Waals surface area contributed by atoms with Gasteiger partial charge in [-0.15, -0.1) is 0 Å². The monoisotopic (exact) mass is 955 g/mol. The number of nitrogens with two attached hydrogens (primary N) is 3. The Balaban J connectivity index is 1.19. The predicted octanol–water partition coefficient (Wildman–Crippen LogP) is 5.92. The second kappa shape index (κ2) is 23.4. The third-order valence-electron chi connectivity index (χ3n) is 13.9. The van der Waals surface area contributed by atoms with Gasteiger partial charge in [0.15, 0.2) is 23.2 Å². The van der Waals surface area contributed by atoms with Crippen LogP contribution < -0.4 is 36.7 Å². The van der Waals surface area contributed by atoms with Crippen LogP contribution in [0.1, 0.15) is 104 Å². The molecular weight excluding hydrogens is 889 g/mol. The number of nitrogens with zero attached hydrogens (tertiary/aromatic N) is 4. The normalized spacial score (nSPS) is 21.2. The average molecular weight is 955 g/mol. The molecule has 0 spiro atoms. The van der Waals surface area contributed by atoms with Crippen molar-refractivity contribution < 1.29 is 38.2 Å². The Hall–Kier alpha value is -6.54. The number of hydrogen-bond acceptors (Lipinski definition) is 14. The van der Waals surface area contributed by atoms with Crippen LogP contribution in [0.15, 0.2) is 60.7 Å². The Morgan fingerprint density at radius 3 is 2.16 bits per heavy atom. The highest BCUT2D eigenvalue weighted by Gasteiger charge is 2.41. The van der Waals surface area contributed by atoms with Crippen molar-refractivity contribution in [3.63, 3.8) is 0 Å². The molecule has 7 N–H and O–H groups in total. The number of hydrogen-bond donors (Lipinski definition) is 4. The molecule has 2 heterocycles. The number of aromatic nitrogens is 2. The predicted molar refractivity (Wildman–Crippen MR) is 264 cm³/mol. The Morgan fingerprint density at radius 2 is 1.54 bits per heavy atom. The minimum absolute atomic E-state index is 0.0325. The molecule has 0 saturated heterocycles. The first-order valence-electron chi connectivity index (χ1n) is 24.5. The number of carbonyl (C=O) groups is 5. The summed E-state index contributed by atoms with van der Waals surface area (Å²) >= 11 is 0. The van der Waals surface area contributed by atoms with Crippen LogP contribution in [0.3, 0.4) is 0 Å². The molecule has 4 aromatic rings. The number of likely N-dealkylation sites (N-methyl/N-ethyl adjacent to an activating group) is 1. The van der Waals surface area contributed by atoms with Gasteiger partial charge in [0.2, 0.25) is 11.8 Å². The quantitative estimate of drug-likeness (QED) is 0.0797. The number of aryl methyl sites for hydroxylation is 2. The molecule has 6 bridgehead atoms. The van der Waals surface area contributed by atoms with Crippen LogP contribution in [-0.4, -0.2) is 96.1 Å². The van der Waals surface area contributed by atoms with Gasteiger partial charge in [0.05, 0.1) is 29.1 Å². The van der Waals surface area contributed by atoms with Crippen LogP contribution in [-0.2, 0) is 25.6 Å². The number of ketones is 3. The van der Waals surface area contributed by atoms with Crippen LogP contribution in [0.2, 0.25) is 0 Å². The van der Waals surface area contributed by atoms with Gasteiger partial charge in [0.25, 0.3) is 0 Å². The fraction of sp³-hybridized carbons (Fsp3) is 0.481. The summed E-state index contributed by atoms with van der Waals surface area (Å²) in [6, 6.07) is 18.0. The smallest absolute Gasteiger partial charge is 0.226 e. The van der Waals surface area contributed by atoms with E-state index in [-0.39, 0.29) is 89.0 Å².